The fraction of sp³-hybridized carbons (Fsp3) is 0.238. The number of aromatic nitrogens is 2. The van der Waals surface area contributed by atoms with E-state index >= 15 is 0 Å². The highest BCUT2D eigenvalue weighted by molar-refractivity contribution is 5.94. The molecule has 8 nitrogen and oxygen atoms in total. The molecule has 1 heterocycles. The van der Waals surface area contributed by atoms with Crippen LogP contribution in [0, 0.1) is 17.0 Å². The molecule has 1 amide bonds. The number of carbonyl (C=O) groups excluding carboxylic acids is 1. The summed E-state index contributed by atoms with van der Waals surface area (Å²) in [7, 11) is 0. The molecule has 29 heavy (non-hydrogen) atoms. The number of nitrogens with one attached hydrogen (secondary N) is 1. The zero-order chi connectivity index (χ0) is 20.8. The summed E-state index contributed by atoms with van der Waals surface area (Å²) in [5.74, 6) is 0.359. The van der Waals surface area contributed by atoms with Crippen molar-refractivity contribution in [3.05, 3.63) is 87.2 Å². The van der Waals surface area contributed by atoms with Gasteiger partial charge in [0.25, 0.3) is 11.6 Å². The maximum Gasteiger partial charge on any atom is 0.272 e. The van der Waals surface area contributed by atoms with Gasteiger partial charge in [-0.3, -0.25) is 19.6 Å². The van der Waals surface area contributed by atoms with E-state index in [9.17, 15) is 14.9 Å². The minimum Gasteiger partial charge on any atom is -0.489 e. The van der Waals surface area contributed by atoms with Gasteiger partial charge < -0.3 is 10.1 Å². The zero-order valence-corrected chi connectivity index (χ0v) is 16.3. The van der Waals surface area contributed by atoms with Gasteiger partial charge in [-0.1, -0.05) is 12.1 Å². The minimum absolute atomic E-state index is 0.0560. The third kappa shape index (κ3) is 4.98. The van der Waals surface area contributed by atoms with Gasteiger partial charge in [-0.05, 0) is 49.7 Å². The van der Waals surface area contributed by atoms with Crippen LogP contribution in [-0.4, -0.2) is 20.6 Å². The second-order valence-corrected chi connectivity index (χ2v) is 6.52. The highest BCUT2D eigenvalue weighted by atomic mass is 16.6. The highest BCUT2D eigenvalue weighted by Crippen LogP contribution is 2.23. The summed E-state index contributed by atoms with van der Waals surface area (Å²) < 4.78 is 7.56. The van der Waals surface area contributed by atoms with E-state index in [1.165, 1.54) is 6.07 Å². The second kappa shape index (κ2) is 9.01. The Hall–Kier alpha value is -3.68. The Kier molecular flexibility index (Phi) is 6.23. The molecule has 1 aromatic heterocycles. The lowest BCUT2D eigenvalue weighted by atomic mass is 10.1. The fourth-order valence-corrected chi connectivity index (χ4v) is 2.96. The Labute approximate surface area is 168 Å². The Bertz CT molecular complexity index is 1030. The molecule has 0 unspecified atom stereocenters. The van der Waals surface area contributed by atoms with Gasteiger partial charge in [0.15, 0.2) is 0 Å². The van der Waals surface area contributed by atoms with Crippen LogP contribution < -0.4 is 10.1 Å². The minimum atomic E-state index is -0.422. The van der Waals surface area contributed by atoms with Crippen molar-refractivity contribution in [2.75, 3.05) is 0 Å². The lowest BCUT2D eigenvalue weighted by molar-refractivity contribution is -0.385. The van der Waals surface area contributed by atoms with Crippen LogP contribution in [0.2, 0.25) is 0 Å². The van der Waals surface area contributed by atoms with Crippen molar-refractivity contribution in [1.82, 2.24) is 15.1 Å². The molecule has 0 aliphatic heterocycles. The summed E-state index contributed by atoms with van der Waals surface area (Å²) in [5.41, 5.74) is 2.89. The van der Waals surface area contributed by atoms with Crippen LogP contribution in [0.15, 0.2) is 54.7 Å². The monoisotopic (exact) mass is 394 g/mol. The van der Waals surface area contributed by atoms with E-state index < -0.39 is 4.92 Å². The third-order valence-corrected chi connectivity index (χ3v) is 4.49. The summed E-state index contributed by atoms with van der Waals surface area (Å²) in [5, 5.41) is 18.0. The van der Waals surface area contributed by atoms with Crippen molar-refractivity contribution in [2.45, 2.75) is 33.5 Å². The lowest BCUT2D eigenvalue weighted by Crippen LogP contribution is -2.24. The molecule has 8 heteroatoms. The van der Waals surface area contributed by atoms with Crippen molar-refractivity contribution in [3.8, 4) is 5.75 Å². The first-order valence-corrected chi connectivity index (χ1v) is 9.23. The van der Waals surface area contributed by atoms with Gasteiger partial charge in [-0.2, -0.15) is 5.10 Å². The van der Waals surface area contributed by atoms with Gasteiger partial charge in [-0.15, -0.1) is 0 Å². The van der Waals surface area contributed by atoms with E-state index in [0.29, 0.717) is 23.4 Å². The Morgan fingerprint density at radius 3 is 2.79 bits per heavy atom. The van der Waals surface area contributed by atoms with Crippen LogP contribution in [0.1, 0.15) is 34.1 Å². The van der Waals surface area contributed by atoms with Gasteiger partial charge in [0.2, 0.25) is 0 Å². The van der Waals surface area contributed by atoms with E-state index in [1.807, 2.05) is 23.7 Å². The Morgan fingerprint density at radius 1 is 1.24 bits per heavy atom. The van der Waals surface area contributed by atoms with Crippen molar-refractivity contribution in [2.24, 2.45) is 0 Å². The Balaban J connectivity index is 1.61. The summed E-state index contributed by atoms with van der Waals surface area (Å²) >= 11 is 0. The molecule has 0 radical (unpaired) electrons. The first-order valence-electron chi connectivity index (χ1n) is 9.23. The van der Waals surface area contributed by atoms with Gasteiger partial charge >= 0.3 is 0 Å². The molecule has 0 aliphatic carbocycles. The molecule has 0 bridgehead atoms. The summed E-state index contributed by atoms with van der Waals surface area (Å²) in [6, 6.07) is 13.7. The predicted molar refractivity (Wildman–Crippen MR) is 108 cm³/mol. The maximum atomic E-state index is 12.5. The number of nitro benzene ring substituents is 1. The Morgan fingerprint density at radius 2 is 2.07 bits per heavy atom. The maximum absolute atomic E-state index is 12.5. The van der Waals surface area contributed by atoms with Crippen LogP contribution in [-0.2, 0) is 19.7 Å². The van der Waals surface area contributed by atoms with E-state index in [0.717, 1.165) is 17.8 Å². The number of aryl methyl sites for hydroxylation is 2. The molecular weight excluding hydrogens is 372 g/mol. The van der Waals surface area contributed by atoms with Gasteiger partial charge in [0, 0.05) is 29.9 Å². The number of hydrogen-bond acceptors (Lipinski definition) is 5. The molecule has 0 saturated heterocycles. The molecule has 2 aromatic carbocycles. The lowest BCUT2D eigenvalue weighted by Gasteiger charge is -2.10. The van der Waals surface area contributed by atoms with Gasteiger partial charge in [0.1, 0.15) is 12.4 Å². The molecule has 0 saturated carbocycles. The van der Waals surface area contributed by atoms with E-state index in [-0.39, 0.29) is 18.2 Å². The van der Waals surface area contributed by atoms with E-state index in [4.69, 9.17) is 4.74 Å². The fourth-order valence-electron chi connectivity index (χ4n) is 2.96. The second-order valence-electron chi connectivity index (χ2n) is 6.52. The van der Waals surface area contributed by atoms with Crippen LogP contribution in [0.5, 0.6) is 5.75 Å². The predicted octanol–water partition coefficient (Wildman–Crippen LogP) is 3.63. The molecular formula is C21H22N4O4. The molecule has 3 rings (SSSR count). The van der Waals surface area contributed by atoms with Gasteiger partial charge in [-0.25, -0.2) is 0 Å². The molecule has 0 fully saturated rings. The SMILES string of the molecule is CCn1nccc1CNC(=O)c1cccc(COc2ccc([N+](=O)[O-])c(C)c2)c1. The van der Waals surface area contributed by atoms with E-state index in [2.05, 4.69) is 10.4 Å². The molecule has 0 atom stereocenters. The standard InChI is InChI=1S/C21H22N4O4/c1-3-24-18(9-10-23-24)13-22-21(26)17-6-4-5-16(12-17)14-29-19-7-8-20(25(27)28)15(2)11-19/h4-12H,3,13-14H2,1-2H3,(H,22,26). The molecule has 3 aromatic rings. The number of nitro groups is 1. The highest BCUT2D eigenvalue weighted by Gasteiger charge is 2.11. The number of carbonyl (C=O) groups is 1. The molecule has 150 valence electrons. The topological polar surface area (TPSA) is 99.3 Å². The van der Waals surface area contributed by atoms with Crippen molar-refractivity contribution >= 4 is 11.6 Å². The number of rotatable bonds is 8. The summed E-state index contributed by atoms with van der Waals surface area (Å²) in [6.07, 6.45) is 1.71. The molecule has 0 spiro atoms. The summed E-state index contributed by atoms with van der Waals surface area (Å²) in [4.78, 5) is 22.9. The zero-order valence-electron chi connectivity index (χ0n) is 16.3. The average Bonchev–Trinajstić information content (AvgIpc) is 3.18. The summed E-state index contributed by atoms with van der Waals surface area (Å²) in [6.45, 7) is 5.05. The number of amides is 1. The van der Waals surface area contributed by atoms with Gasteiger partial charge in [0.05, 0.1) is 17.2 Å². The van der Waals surface area contributed by atoms with E-state index in [1.54, 1.807) is 43.5 Å². The average molecular weight is 394 g/mol. The third-order valence-electron chi connectivity index (χ3n) is 4.49. The first-order chi connectivity index (χ1) is 14.0. The van der Waals surface area contributed by atoms with Crippen molar-refractivity contribution in [1.29, 1.82) is 0 Å². The largest absolute Gasteiger partial charge is 0.489 e. The number of ether oxygens (including phenoxy) is 1. The van der Waals surface area contributed by atoms with Crippen LogP contribution >= 0.6 is 0 Å². The number of hydrogen-bond donors (Lipinski definition) is 1. The van der Waals surface area contributed by atoms with Crippen LogP contribution in [0.4, 0.5) is 5.69 Å². The van der Waals surface area contributed by atoms with Crippen molar-refractivity contribution < 1.29 is 14.5 Å². The van der Waals surface area contributed by atoms with Crippen LogP contribution in [0.25, 0.3) is 0 Å². The van der Waals surface area contributed by atoms with Crippen LogP contribution in [0.3, 0.4) is 0 Å². The normalized spacial score (nSPS) is 10.6. The molecule has 0 aliphatic rings. The molecule has 1 N–H and O–H groups in total. The number of benzene rings is 2. The quantitative estimate of drug-likeness (QED) is 0.465. The number of nitrogens with zero attached hydrogens (tertiary/aromatic N) is 3. The first kappa shape index (κ1) is 20.1. The smallest absolute Gasteiger partial charge is 0.272 e. The van der Waals surface area contributed by atoms with Crippen molar-refractivity contribution in [3.63, 3.8) is 0 Å².